The van der Waals surface area contributed by atoms with Gasteiger partial charge in [-0.3, -0.25) is 9.52 Å². The lowest BCUT2D eigenvalue weighted by Gasteiger charge is -2.45. The number of amides is 1. The summed E-state index contributed by atoms with van der Waals surface area (Å²) in [7, 11) is -3.62. The van der Waals surface area contributed by atoms with Gasteiger partial charge >= 0.3 is 0 Å². The Morgan fingerprint density at radius 2 is 1.88 bits per heavy atom. The molecular weight excluding hydrogens is 345 g/mol. The van der Waals surface area contributed by atoms with Crippen LogP contribution in [0.1, 0.15) is 42.5 Å². The van der Waals surface area contributed by atoms with Crippen molar-refractivity contribution in [2.75, 3.05) is 11.0 Å². The number of carbonyl (C=O) groups excluding carboxylic acids is 1. The Hall–Kier alpha value is -1.67. The third-order valence-corrected chi connectivity index (χ3v) is 5.79. The normalized spacial score (nSPS) is 29.1. The summed E-state index contributed by atoms with van der Waals surface area (Å²) in [5, 5.41) is 3.07. The maximum atomic E-state index is 13.8. The third-order valence-electron chi connectivity index (χ3n) is 5.20. The molecule has 2 unspecified atom stereocenters. The van der Waals surface area contributed by atoms with E-state index in [1.807, 2.05) is 0 Å². The number of nitrogens with one attached hydrogen (secondary N) is 2. The number of halogens is 1. The van der Waals surface area contributed by atoms with Crippen molar-refractivity contribution in [1.82, 2.24) is 5.32 Å². The van der Waals surface area contributed by atoms with Crippen molar-refractivity contribution >= 4 is 21.6 Å². The summed E-state index contributed by atoms with van der Waals surface area (Å²) in [5.41, 5.74) is 6.12. The molecule has 25 heavy (non-hydrogen) atoms. The summed E-state index contributed by atoms with van der Waals surface area (Å²) < 4.78 is 38.5. The Morgan fingerprint density at radius 1 is 1.24 bits per heavy atom. The van der Waals surface area contributed by atoms with Gasteiger partial charge in [0.25, 0.3) is 5.91 Å². The number of carbonyl (C=O) groups is 1. The van der Waals surface area contributed by atoms with Gasteiger partial charge in [0.05, 0.1) is 11.9 Å². The second-order valence-corrected chi connectivity index (χ2v) is 9.00. The van der Waals surface area contributed by atoms with Gasteiger partial charge < -0.3 is 11.1 Å². The zero-order valence-corrected chi connectivity index (χ0v) is 15.0. The minimum atomic E-state index is -3.62. The number of fused-ring (bicyclic) bond motifs is 2. The minimum absolute atomic E-state index is 0.0809. The Bertz CT molecular complexity index is 754. The second kappa shape index (κ2) is 6.92. The van der Waals surface area contributed by atoms with E-state index in [-0.39, 0.29) is 29.2 Å². The molecule has 0 aromatic heterocycles. The molecule has 0 radical (unpaired) electrons. The van der Waals surface area contributed by atoms with E-state index in [1.165, 1.54) is 12.1 Å². The van der Waals surface area contributed by atoms with Gasteiger partial charge in [-0.2, -0.15) is 0 Å². The molecule has 2 aliphatic carbocycles. The van der Waals surface area contributed by atoms with Crippen LogP contribution in [0.15, 0.2) is 18.2 Å². The van der Waals surface area contributed by atoms with E-state index >= 15 is 0 Å². The molecule has 2 fully saturated rings. The molecule has 2 aliphatic rings. The molecule has 0 saturated heterocycles. The molecular formula is C17H24FN3O3S. The van der Waals surface area contributed by atoms with E-state index < -0.39 is 15.8 Å². The molecule has 0 aliphatic heterocycles. The molecule has 2 saturated carbocycles. The van der Waals surface area contributed by atoms with Crippen molar-refractivity contribution in [3.8, 4) is 0 Å². The van der Waals surface area contributed by atoms with Gasteiger partial charge in [-0.25, -0.2) is 12.8 Å². The molecule has 1 aromatic carbocycles. The summed E-state index contributed by atoms with van der Waals surface area (Å²) in [4.78, 5) is 12.6. The predicted molar refractivity (Wildman–Crippen MR) is 94.2 cm³/mol. The Labute approximate surface area is 147 Å². The van der Waals surface area contributed by atoms with Crippen LogP contribution in [0.4, 0.5) is 10.1 Å². The maximum Gasteiger partial charge on any atom is 0.251 e. The first-order chi connectivity index (χ1) is 11.7. The SMILES string of the molecule is CS(=O)(=O)Nc1cc(C(=O)NC2C3CCCC2CC(N)C3)ccc1F. The number of hydrogen-bond acceptors (Lipinski definition) is 4. The number of nitrogens with two attached hydrogens (primary N) is 1. The van der Waals surface area contributed by atoms with Gasteiger partial charge in [0, 0.05) is 17.6 Å². The summed E-state index contributed by atoms with van der Waals surface area (Å²) in [5.74, 6) is -0.280. The number of hydrogen-bond donors (Lipinski definition) is 3. The fourth-order valence-corrected chi connectivity index (χ4v) is 4.76. The quantitative estimate of drug-likeness (QED) is 0.754. The average Bonchev–Trinajstić information content (AvgIpc) is 2.49. The molecule has 0 heterocycles. The van der Waals surface area contributed by atoms with Crippen LogP contribution in [0, 0.1) is 17.7 Å². The first-order valence-corrected chi connectivity index (χ1v) is 10.5. The van der Waals surface area contributed by atoms with E-state index in [2.05, 4.69) is 10.0 Å². The van der Waals surface area contributed by atoms with E-state index in [9.17, 15) is 17.6 Å². The zero-order chi connectivity index (χ0) is 18.2. The fraction of sp³-hybridized carbons (Fsp3) is 0.588. The van der Waals surface area contributed by atoms with E-state index in [4.69, 9.17) is 5.73 Å². The summed E-state index contributed by atoms with van der Waals surface area (Å²) >= 11 is 0. The minimum Gasteiger partial charge on any atom is -0.349 e. The summed E-state index contributed by atoms with van der Waals surface area (Å²) in [6, 6.07) is 3.97. The smallest absolute Gasteiger partial charge is 0.251 e. The third kappa shape index (κ3) is 4.30. The van der Waals surface area contributed by atoms with Crippen LogP contribution in [0.3, 0.4) is 0 Å². The number of benzene rings is 1. The van der Waals surface area contributed by atoms with Crippen LogP contribution < -0.4 is 15.8 Å². The molecule has 2 bridgehead atoms. The van der Waals surface area contributed by atoms with Crippen molar-refractivity contribution in [1.29, 1.82) is 0 Å². The van der Waals surface area contributed by atoms with Crippen molar-refractivity contribution in [2.24, 2.45) is 17.6 Å². The van der Waals surface area contributed by atoms with Crippen molar-refractivity contribution in [3.05, 3.63) is 29.6 Å². The fourth-order valence-electron chi connectivity index (χ4n) is 4.20. The maximum absolute atomic E-state index is 13.8. The van der Waals surface area contributed by atoms with Crippen molar-refractivity contribution < 1.29 is 17.6 Å². The molecule has 138 valence electrons. The first kappa shape index (κ1) is 18.1. The van der Waals surface area contributed by atoms with Gasteiger partial charge in [-0.15, -0.1) is 0 Å². The molecule has 2 atom stereocenters. The van der Waals surface area contributed by atoms with Crippen LogP contribution >= 0.6 is 0 Å². The molecule has 8 heteroatoms. The van der Waals surface area contributed by atoms with E-state index in [0.717, 1.165) is 44.4 Å². The number of anilines is 1. The monoisotopic (exact) mass is 369 g/mol. The number of rotatable bonds is 4. The predicted octanol–water partition coefficient (Wildman–Crippen LogP) is 1.83. The van der Waals surface area contributed by atoms with E-state index in [1.54, 1.807) is 0 Å². The topological polar surface area (TPSA) is 101 Å². The summed E-state index contributed by atoms with van der Waals surface area (Å²) in [6.45, 7) is 0. The van der Waals surface area contributed by atoms with Crippen molar-refractivity contribution in [2.45, 2.75) is 44.2 Å². The van der Waals surface area contributed by atoms with Crippen LogP contribution in [-0.2, 0) is 10.0 Å². The Kier molecular flexibility index (Phi) is 5.02. The molecule has 6 nitrogen and oxygen atoms in total. The zero-order valence-electron chi connectivity index (χ0n) is 14.2. The molecule has 1 aromatic rings. The first-order valence-electron chi connectivity index (χ1n) is 8.57. The molecule has 1 amide bonds. The average molecular weight is 369 g/mol. The molecule has 3 rings (SSSR count). The van der Waals surface area contributed by atoms with Crippen LogP contribution in [0.25, 0.3) is 0 Å². The van der Waals surface area contributed by atoms with Crippen LogP contribution in [0.5, 0.6) is 0 Å². The van der Waals surface area contributed by atoms with E-state index in [0.29, 0.717) is 11.8 Å². The Balaban J connectivity index is 1.76. The standard InChI is InChI=1S/C17H24FN3O3S/c1-25(23,24)21-15-9-12(5-6-14(15)18)17(22)20-16-10-3-2-4-11(16)8-13(19)7-10/h5-6,9-11,13,16,21H,2-4,7-8,19H2,1H3,(H,20,22). The van der Waals surface area contributed by atoms with Gasteiger partial charge in [0.15, 0.2) is 0 Å². The van der Waals surface area contributed by atoms with Gasteiger partial charge in [0.2, 0.25) is 10.0 Å². The lowest BCUT2D eigenvalue weighted by atomic mass is 9.67. The van der Waals surface area contributed by atoms with Gasteiger partial charge in [0.1, 0.15) is 5.82 Å². The summed E-state index contributed by atoms with van der Waals surface area (Å²) in [6.07, 6.45) is 6.02. The second-order valence-electron chi connectivity index (χ2n) is 7.25. The highest BCUT2D eigenvalue weighted by Gasteiger charge is 2.40. The highest BCUT2D eigenvalue weighted by Crippen LogP contribution is 2.39. The van der Waals surface area contributed by atoms with Gasteiger partial charge in [-0.1, -0.05) is 6.42 Å². The lowest BCUT2D eigenvalue weighted by Crippen LogP contribution is -2.53. The van der Waals surface area contributed by atoms with Crippen LogP contribution in [-0.4, -0.2) is 32.7 Å². The molecule has 4 N–H and O–H groups in total. The highest BCUT2D eigenvalue weighted by molar-refractivity contribution is 7.92. The largest absolute Gasteiger partial charge is 0.349 e. The molecule has 0 spiro atoms. The van der Waals surface area contributed by atoms with Crippen LogP contribution in [0.2, 0.25) is 0 Å². The highest BCUT2D eigenvalue weighted by atomic mass is 32.2. The Morgan fingerprint density at radius 3 is 2.48 bits per heavy atom. The lowest BCUT2D eigenvalue weighted by molar-refractivity contribution is 0.0756. The van der Waals surface area contributed by atoms with Gasteiger partial charge in [-0.05, 0) is 55.7 Å². The van der Waals surface area contributed by atoms with Crippen molar-refractivity contribution in [3.63, 3.8) is 0 Å². The number of sulfonamides is 1.